The van der Waals surface area contributed by atoms with Crippen LogP contribution in [0.2, 0.25) is 0 Å². The maximum Gasteiger partial charge on any atom is 0.244 e. The predicted molar refractivity (Wildman–Crippen MR) is 95.2 cm³/mol. The van der Waals surface area contributed by atoms with Gasteiger partial charge >= 0.3 is 0 Å². The molecule has 0 bridgehead atoms. The number of carbonyl (C=O) groups is 1. The van der Waals surface area contributed by atoms with Gasteiger partial charge in [-0.1, -0.05) is 48.0 Å². The van der Waals surface area contributed by atoms with E-state index in [2.05, 4.69) is 30.4 Å². The summed E-state index contributed by atoms with van der Waals surface area (Å²) in [5, 5.41) is 3.04. The van der Waals surface area contributed by atoms with E-state index in [4.69, 9.17) is 0 Å². The van der Waals surface area contributed by atoms with E-state index in [1.165, 1.54) is 35.1 Å². The largest absolute Gasteiger partial charge is 0.346 e. The second kappa shape index (κ2) is 6.82. The first-order valence-corrected chi connectivity index (χ1v) is 8.29. The van der Waals surface area contributed by atoms with Crippen LogP contribution in [0.1, 0.15) is 47.2 Å². The molecule has 0 aliphatic heterocycles. The van der Waals surface area contributed by atoms with Crippen LogP contribution in [0.5, 0.6) is 0 Å². The van der Waals surface area contributed by atoms with Crippen molar-refractivity contribution < 1.29 is 4.79 Å². The summed E-state index contributed by atoms with van der Waals surface area (Å²) >= 11 is 0. The maximum atomic E-state index is 12.1. The van der Waals surface area contributed by atoms with E-state index in [9.17, 15) is 4.79 Å². The van der Waals surface area contributed by atoms with Gasteiger partial charge in [0, 0.05) is 6.08 Å². The van der Waals surface area contributed by atoms with Gasteiger partial charge in [-0.15, -0.1) is 0 Å². The lowest BCUT2D eigenvalue weighted by Gasteiger charge is -2.14. The zero-order chi connectivity index (χ0) is 16.2. The van der Waals surface area contributed by atoms with Crippen LogP contribution in [0.15, 0.2) is 48.5 Å². The number of nitrogens with one attached hydrogen (secondary N) is 1. The van der Waals surface area contributed by atoms with Crippen LogP contribution in [0, 0.1) is 6.92 Å². The van der Waals surface area contributed by atoms with Gasteiger partial charge < -0.3 is 5.32 Å². The van der Waals surface area contributed by atoms with E-state index in [1.807, 2.05) is 37.3 Å². The predicted octanol–water partition coefficient (Wildman–Crippen LogP) is 4.37. The van der Waals surface area contributed by atoms with E-state index in [0.29, 0.717) is 0 Å². The number of rotatable bonds is 4. The Morgan fingerprint density at radius 1 is 1.09 bits per heavy atom. The molecular weight excluding hydrogens is 282 g/mol. The summed E-state index contributed by atoms with van der Waals surface area (Å²) in [6.45, 7) is 4.09. The van der Waals surface area contributed by atoms with Crippen molar-refractivity contribution in [1.29, 1.82) is 0 Å². The minimum atomic E-state index is -0.0569. The van der Waals surface area contributed by atoms with Crippen LogP contribution in [0.3, 0.4) is 0 Å². The first kappa shape index (κ1) is 15.5. The van der Waals surface area contributed by atoms with Crippen LogP contribution < -0.4 is 5.32 Å². The van der Waals surface area contributed by atoms with Gasteiger partial charge in [0.05, 0.1) is 6.04 Å². The summed E-state index contributed by atoms with van der Waals surface area (Å²) in [5.74, 6) is -0.0569. The standard InChI is InChI=1S/C21H23NO/c1-15-6-8-17(9-7-15)10-13-21(23)22-16(2)19-12-11-18-4-3-5-20(18)14-19/h6-14,16H,3-5H2,1-2H3,(H,22,23)/b13-10+/t16-/m0/s1. The lowest BCUT2D eigenvalue weighted by molar-refractivity contribution is -0.117. The first-order valence-electron chi connectivity index (χ1n) is 8.29. The van der Waals surface area contributed by atoms with E-state index >= 15 is 0 Å². The van der Waals surface area contributed by atoms with Crippen LogP contribution in [0.25, 0.3) is 6.08 Å². The number of fused-ring (bicyclic) bond motifs is 1. The van der Waals surface area contributed by atoms with Gasteiger partial charge in [-0.05, 0) is 61.4 Å². The fraction of sp³-hybridized carbons (Fsp3) is 0.286. The summed E-state index contributed by atoms with van der Waals surface area (Å²) in [7, 11) is 0. The SMILES string of the molecule is Cc1ccc(/C=C/C(=O)N[C@@H](C)c2ccc3c(c2)CCC3)cc1. The van der Waals surface area contributed by atoms with Crippen LogP contribution >= 0.6 is 0 Å². The molecule has 2 heteroatoms. The molecule has 1 aliphatic rings. The number of aryl methyl sites for hydroxylation is 3. The molecule has 23 heavy (non-hydrogen) atoms. The molecule has 0 unspecified atom stereocenters. The Balaban J connectivity index is 1.62. The van der Waals surface area contributed by atoms with E-state index < -0.39 is 0 Å². The second-order valence-corrected chi connectivity index (χ2v) is 6.36. The lowest BCUT2D eigenvalue weighted by atomic mass is 10.0. The van der Waals surface area contributed by atoms with E-state index in [1.54, 1.807) is 6.08 Å². The van der Waals surface area contributed by atoms with Gasteiger partial charge in [-0.3, -0.25) is 4.79 Å². The van der Waals surface area contributed by atoms with Crippen LogP contribution in [-0.2, 0) is 17.6 Å². The quantitative estimate of drug-likeness (QED) is 0.835. The van der Waals surface area contributed by atoms with Crippen molar-refractivity contribution in [3.8, 4) is 0 Å². The van der Waals surface area contributed by atoms with Crippen molar-refractivity contribution in [2.75, 3.05) is 0 Å². The van der Waals surface area contributed by atoms with Crippen molar-refractivity contribution >= 4 is 12.0 Å². The Bertz CT molecular complexity index is 728. The van der Waals surface area contributed by atoms with E-state index in [0.717, 1.165) is 12.0 Å². The summed E-state index contributed by atoms with van der Waals surface area (Å²) in [6, 6.07) is 14.7. The highest BCUT2D eigenvalue weighted by molar-refractivity contribution is 5.91. The maximum absolute atomic E-state index is 12.1. The lowest BCUT2D eigenvalue weighted by Crippen LogP contribution is -2.24. The molecule has 1 aliphatic carbocycles. The van der Waals surface area contributed by atoms with Crippen LogP contribution in [-0.4, -0.2) is 5.91 Å². The molecule has 2 aromatic rings. The molecule has 0 radical (unpaired) electrons. The zero-order valence-electron chi connectivity index (χ0n) is 13.8. The highest BCUT2D eigenvalue weighted by Gasteiger charge is 2.14. The first-order chi connectivity index (χ1) is 11.1. The number of carbonyl (C=O) groups excluding carboxylic acids is 1. The molecule has 0 aromatic heterocycles. The average molecular weight is 305 g/mol. The topological polar surface area (TPSA) is 29.1 Å². The molecule has 1 N–H and O–H groups in total. The Labute approximate surface area is 138 Å². The fourth-order valence-corrected chi connectivity index (χ4v) is 3.06. The molecule has 0 saturated carbocycles. The Kier molecular flexibility index (Phi) is 4.61. The van der Waals surface area contributed by atoms with Crippen molar-refractivity contribution in [2.45, 2.75) is 39.2 Å². The van der Waals surface area contributed by atoms with Gasteiger partial charge in [-0.2, -0.15) is 0 Å². The zero-order valence-corrected chi connectivity index (χ0v) is 13.8. The highest BCUT2D eigenvalue weighted by Crippen LogP contribution is 2.25. The normalized spacial score (nSPS) is 14.7. The average Bonchev–Trinajstić information content (AvgIpc) is 3.02. The molecule has 0 saturated heterocycles. The van der Waals surface area contributed by atoms with Gasteiger partial charge in [0.2, 0.25) is 5.91 Å². The minimum Gasteiger partial charge on any atom is -0.346 e. The molecule has 2 nitrogen and oxygen atoms in total. The van der Waals surface area contributed by atoms with Crippen molar-refractivity contribution in [2.24, 2.45) is 0 Å². The Morgan fingerprint density at radius 3 is 2.61 bits per heavy atom. The molecule has 1 amide bonds. The van der Waals surface area contributed by atoms with Gasteiger partial charge in [0.25, 0.3) is 0 Å². The van der Waals surface area contributed by atoms with Crippen molar-refractivity contribution in [3.05, 3.63) is 76.4 Å². The third-order valence-corrected chi connectivity index (χ3v) is 4.49. The summed E-state index contributed by atoms with van der Waals surface area (Å²) in [6.07, 6.45) is 7.06. The van der Waals surface area contributed by atoms with Gasteiger partial charge in [0.15, 0.2) is 0 Å². The molecule has 0 spiro atoms. The number of hydrogen-bond donors (Lipinski definition) is 1. The fourth-order valence-electron chi connectivity index (χ4n) is 3.06. The summed E-state index contributed by atoms with van der Waals surface area (Å²) < 4.78 is 0. The summed E-state index contributed by atoms with van der Waals surface area (Å²) in [5.41, 5.74) is 6.35. The molecule has 118 valence electrons. The smallest absolute Gasteiger partial charge is 0.244 e. The van der Waals surface area contributed by atoms with Gasteiger partial charge in [0.1, 0.15) is 0 Å². The number of hydrogen-bond acceptors (Lipinski definition) is 1. The molecule has 1 atom stereocenters. The Morgan fingerprint density at radius 2 is 1.83 bits per heavy atom. The molecule has 3 rings (SSSR count). The molecule has 0 fully saturated rings. The van der Waals surface area contributed by atoms with E-state index in [-0.39, 0.29) is 11.9 Å². The highest BCUT2D eigenvalue weighted by atomic mass is 16.1. The number of benzene rings is 2. The second-order valence-electron chi connectivity index (χ2n) is 6.36. The Hall–Kier alpha value is -2.35. The van der Waals surface area contributed by atoms with Crippen molar-refractivity contribution in [1.82, 2.24) is 5.32 Å². The summed E-state index contributed by atoms with van der Waals surface area (Å²) in [4.78, 5) is 12.1. The van der Waals surface area contributed by atoms with Crippen LogP contribution in [0.4, 0.5) is 0 Å². The molecule has 2 aromatic carbocycles. The van der Waals surface area contributed by atoms with Gasteiger partial charge in [-0.25, -0.2) is 0 Å². The number of amides is 1. The third-order valence-electron chi connectivity index (χ3n) is 4.49. The monoisotopic (exact) mass is 305 g/mol. The van der Waals surface area contributed by atoms with Crippen molar-refractivity contribution in [3.63, 3.8) is 0 Å². The molecule has 0 heterocycles. The minimum absolute atomic E-state index is 0.0241. The third kappa shape index (κ3) is 3.89. The molecular formula is C21H23NO.